The monoisotopic (exact) mass is 401 g/mol. The summed E-state index contributed by atoms with van der Waals surface area (Å²) in [5.74, 6) is 0.385. The number of pyridine rings is 1. The normalized spacial score (nSPS) is 12.3. The summed E-state index contributed by atoms with van der Waals surface area (Å²) in [5, 5.41) is 8.90. The second-order valence-electron chi connectivity index (χ2n) is 7.63. The van der Waals surface area contributed by atoms with E-state index in [0.29, 0.717) is 11.5 Å². The molecular formula is C24H23N3O3. The van der Waals surface area contributed by atoms with Crippen molar-refractivity contribution in [2.45, 2.75) is 39.7 Å². The predicted molar refractivity (Wildman–Crippen MR) is 114 cm³/mol. The van der Waals surface area contributed by atoms with E-state index in [9.17, 15) is 4.79 Å². The lowest BCUT2D eigenvalue weighted by Gasteiger charge is -2.13. The minimum absolute atomic E-state index is 0.187. The summed E-state index contributed by atoms with van der Waals surface area (Å²) in [7, 11) is 0. The number of carbonyl (C=O) groups is 1. The molecule has 0 fully saturated rings. The van der Waals surface area contributed by atoms with E-state index in [1.807, 2.05) is 69.3 Å². The Bertz CT molecular complexity index is 1200. The third-order valence-corrected chi connectivity index (χ3v) is 4.92. The van der Waals surface area contributed by atoms with Gasteiger partial charge in [-0.25, -0.2) is 4.79 Å². The molecule has 0 spiro atoms. The van der Waals surface area contributed by atoms with Crippen LogP contribution < -0.4 is 0 Å². The van der Waals surface area contributed by atoms with Crippen LogP contribution in [0.2, 0.25) is 0 Å². The Kier molecular flexibility index (Phi) is 5.31. The molecule has 2 aromatic carbocycles. The van der Waals surface area contributed by atoms with Gasteiger partial charge in [0, 0.05) is 16.6 Å². The van der Waals surface area contributed by atoms with Crippen LogP contribution in [0.3, 0.4) is 0 Å². The molecule has 1 atom stereocenters. The first-order chi connectivity index (χ1) is 14.4. The topological polar surface area (TPSA) is 78.1 Å². The molecule has 0 saturated carbocycles. The van der Waals surface area contributed by atoms with Gasteiger partial charge in [0.2, 0.25) is 5.89 Å². The lowest BCUT2D eigenvalue weighted by Crippen LogP contribution is -2.11. The number of esters is 1. The number of rotatable bonds is 5. The molecule has 30 heavy (non-hydrogen) atoms. The highest BCUT2D eigenvalue weighted by Gasteiger charge is 2.22. The van der Waals surface area contributed by atoms with Crippen molar-refractivity contribution in [2.24, 2.45) is 0 Å². The lowest BCUT2D eigenvalue weighted by atomic mass is 10.0. The zero-order valence-corrected chi connectivity index (χ0v) is 17.4. The van der Waals surface area contributed by atoms with E-state index in [0.717, 1.165) is 27.7 Å². The van der Waals surface area contributed by atoms with Gasteiger partial charge in [-0.3, -0.25) is 4.98 Å². The number of ether oxygens (including phenoxy) is 1. The van der Waals surface area contributed by atoms with Crippen molar-refractivity contribution in [2.75, 3.05) is 0 Å². The van der Waals surface area contributed by atoms with Gasteiger partial charge in [0.05, 0.1) is 11.1 Å². The number of hydrogen-bond donors (Lipinski definition) is 0. The van der Waals surface area contributed by atoms with Crippen molar-refractivity contribution >= 4 is 16.9 Å². The van der Waals surface area contributed by atoms with Crippen LogP contribution in [0.5, 0.6) is 0 Å². The third kappa shape index (κ3) is 3.94. The fraction of sp³-hybridized carbons (Fsp3) is 0.250. The van der Waals surface area contributed by atoms with E-state index in [2.05, 4.69) is 15.2 Å². The Morgan fingerprint density at radius 1 is 1.00 bits per heavy atom. The van der Waals surface area contributed by atoms with Crippen LogP contribution in [0.15, 0.2) is 59.0 Å². The summed E-state index contributed by atoms with van der Waals surface area (Å²) in [6.45, 7) is 7.81. The van der Waals surface area contributed by atoms with Crippen molar-refractivity contribution in [1.29, 1.82) is 0 Å². The molecule has 4 rings (SSSR count). The summed E-state index contributed by atoms with van der Waals surface area (Å²) in [4.78, 5) is 17.6. The number of para-hydroxylation sites is 1. The second-order valence-corrected chi connectivity index (χ2v) is 7.63. The molecule has 0 aliphatic carbocycles. The van der Waals surface area contributed by atoms with Crippen LogP contribution in [-0.2, 0) is 4.74 Å². The fourth-order valence-electron chi connectivity index (χ4n) is 3.15. The maximum Gasteiger partial charge on any atom is 0.339 e. The van der Waals surface area contributed by atoms with Crippen LogP contribution in [0.1, 0.15) is 60.3 Å². The number of fused-ring (bicyclic) bond motifs is 1. The van der Waals surface area contributed by atoms with Gasteiger partial charge in [-0.15, -0.1) is 10.2 Å². The van der Waals surface area contributed by atoms with E-state index in [1.165, 1.54) is 0 Å². The molecule has 152 valence electrons. The Morgan fingerprint density at radius 2 is 1.73 bits per heavy atom. The minimum atomic E-state index is -0.682. The minimum Gasteiger partial charge on any atom is -0.449 e. The van der Waals surface area contributed by atoms with Crippen molar-refractivity contribution in [1.82, 2.24) is 15.2 Å². The molecule has 2 heterocycles. The molecule has 0 radical (unpaired) electrons. The van der Waals surface area contributed by atoms with Gasteiger partial charge in [0.1, 0.15) is 0 Å². The zero-order valence-electron chi connectivity index (χ0n) is 17.4. The van der Waals surface area contributed by atoms with E-state index >= 15 is 0 Å². The maximum atomic E-state index is 13.0. The van der Waals surface area contributed by atoms with Gasteiger partial charge in [0.25, 0.3) is 5.89 Å². The van der Waals surface area contributed by atoms with E-state index < -0.39 is 12.1 Å². The quantitative estimate of drug-likeness (QED) is 0.403. The van der Waals surface area contributed by atoms with Crippen LogP contribution in [-0.4, -0.2) is 21.2 Å². The van der Waals surface area contributed by atoms with Crippen molar-refractivity contribution in [3.8, 4) is 11.5 Å². The highest BCUT2D eigenvalue weighted by molar-refractivity contribution is 6.03. The Morgan fingerprint density at radius 3 is 2.47 bits per heavy atom. The fourth-order valence-corrected chi connectivity index (χ4v) is 3.15. The first-order valence-electron chi connectivity index (χ1n) is 9.93. The third-order valence-electron chi connectivity index (χ3n) is 4.92. The molecule has 0 unspecified atom stereocenters. The molecule has 6 heteroatoms. The molecule has 0 N–H and O–H groups in total. The number of hydrogen-bond acceptors (Lipinski definition) is 6. The molecule has 2 aromatic heterocycles. The molecule has 0 aliphatic heterocycles. The van der Waals surface area contributed by atoms with Crippen LogP contribution >= 0.6 is 0 Å². The summed E-state index contributed by atoms with van der Waals surface area (Å²) < 4.78 is 11.4. The average Bonchev–Trinajstić information content (AvgIpc) is 3.23. The SMILES string of the molecule is Cc1ccc(-c2nnc([C@H](C)OC(=O)c3cc(C(C)C)nc4ccccc34)o2)cc1. The summed E-state index contributed by atoms with van der Waals surface area (Å²) in [6, 6.07) is 17.1. The smallest absolute Gasteiger partial charge is 0.339 e. The second kappa shape index (κ2) is 8.06. The number of nitrogens with zero attached hydrogens (tertiary/aromatic N) is 3. The number of aromatic nitrogens is 3. The van der Waals surface area contributed by atoms with Gasteiger partial charge in [0.15, 0.2) is 6.10 Å². The molecule has 0 bridgehead atoms. The Labute approximate surface area is 174 Å². The van der Waals surface area contributed by atoms with E-state index in [4.69, 9.17) is 9.15 Å². The van der Waals surface area contributed by atoms with E-state index in [-0.39, 0.29) is 11.8 Å². The molecule has 0 amide bonds. The average molecular weight is 401 g/mol. The molecular weight excluding hydrogens is 378 g/mol. The standard InChI is InChI=1S/C24H23N3O3/c1-14(2)21-13-19(18-7-5-6-8-20(18)25-21)24(28)29-16(4)22-26-27-23(30-22)17-11-9-15(3)10-12-17/h5-14,16H,1-4H3/t16-/m0/s1. The predicted octanol–water partition coefficient (Wildman–Crippen LogP) is 5.63. The number of benzene rings is 2. The largest absolute Gasteiger partial charge is 0.449 e. The highest BCUT2D eigenvalue weighted by Crippen LogP contribution is 2.27. The zero-order chi connectivity index (χ0) is 21.3. The summed E-state index contributed by atoms with van der Waals surface area (Å²) in [5.41, 5.74) is 4.05. The number of carbonyl (C=O) groups excluding carboxylic acids is 1. The van der Waals surface area contributed by atoms with Crippen LogP contribution in [0.25, 0.3) is 22.4 Å². The first-order valence-corrected chi connectivity index (χ1v) is 9.93. The van der Waals surface area contributed by atoms with Gasteiger partial charge in [-0.1, -0.05) is 49.7 Å². The number of aryl methyl sites for hydroxylation is 1. The van der Waals surface area contributed by atoms with Gasteiger partial charge < -0.3 is 9.15 Å². The molecule has 4 aromatic rings. The molecule has 6 nitrogen and oxygen atoms in total. The maximum absolute atomic E-state index is 13.0. The summed E-state index contributed by atoms with van der Waals surface area (Å²) in [6.07, 6.45) is -0.682. The Hall–Kier alpha value is -3.54. The summed E-state index contributed by atoms with van der Waals surface area (Å²) >= 11 is 0. The lowest BCUT2D eigenvalue weighted by molar-refractivity contribution is 0.0282. The van der Waals surface area contributed by atoms with Crippen molar-refractivity contribution in [3.05, 3.63) is 77.3 Å². The van der Waals surface area contributed by atoms with Gasteiger partial charge in [-0.2, -0.15) is 0 Å². The van der Waals surface area contributed by atoms with Gasteiger partial charge >= 0.3 is 5.97 Å². The van der Waals surface area contributed by atoms with E-state index in [1.54, 1.807) is 13.0 Å². The van der Waals surface area contributed by atoms with Gasteiger partial charge in [-0.05, 0) is 44.0 Å². The van der Waals surface area contributed by atoms with Crippen molar-refractivity contribution < 1.29 is 13.9 Å². The van der Waals surface area contributed by atoms with Crippen molar-refractivity contribution in [3.63, 3.8) is 0 Å². The molecule has 0 saturated heterocycles. The Balaban J connectivity index is 1.59. The van der Waals surface area contributed by atoms with Crippen LogP contribution in [0, 0.1) is 6.92 Å². The first kappa shape index (κ1) is 19.8. The highest BCUT2D eigenvalue weighted by atomic mass is 16.6. The van der Waals surface area contributed by atoms with Crippen LogP contribution in [0.4, 0.5) is 0 Å². The molecule has 0 aliphatic rings.